The van der Waals surface area contributed by atoms with Crippen LogP contribution in [0.2, 0.25) is 10.2 Å². The van der Waals surface area contributed by atoms with Crippen molar-refractivity contribution >= 4 is 46.3 Å². The van der Waals surface area contributed by atoms with Crippen LogP contribution in [0.3, 0.4) is 0 Å². The van der Waals surface area contributed by atoms with E-state index in [1.165, 1.54) is 10.8 Å². The Bertz CT molecular complexity index is 1760. The minimum Gasteiger partial charge on any atom is -0.443 e. The van der Waals surface area contributed by atoms with Crippen molar-refractivity contribution in [1.29, 1.82) is 0 Å². The maximum atomic E-state index is 14.0. The van der Waals surface area contributed by atoms with Crippen molar-refractivity contribution in [2.75, 3.05) is 0 Å². The molecular formula is C28H29Cl2N5O6. The van der Waals surface area contributed by atoms with E-state index in [2.05, 4.69) is 9.97 Å². The number of rotatable bonds is 6. The topological polar surface area (TPSA) is 127 Å². The number of halogens is 2. The molecule has 216 valence electrons. The van der Waals surface area contributed by atoms with Crippen molar-refractivity contribution in [1.82, 2.24) is 23.7 Å². The minimum absolute atomic E-state index is 0.0551. The van der Waals surface area contributed by atoms with Crippen LogP contribution in [0.25, 0.3) is 28.2 Å². The molecule has 0 fully saturated rings. The van der Waals surface area contributed by atoms with Crippen molar-refractivity contribution in [3.05, 3.63) is 73.6 Å². The van der Waals surface area contributed by atoms with Crippen molar-refractivity contribution < 1.29 is 19.1 Å². The van der Waals surface area contributed by atoms with Gasteiger partial charge in [-0.1, -0.05) is 23.2 Å². The quantitative estimate of drug-likeness (QED) is 0.227. The Labute approximate surface area is 245 Å². The predicted molar refractivity (Wildman–Crippen MR) is 154 cm³/mol. The van der Waals surface area contributed by atoms with Crippen molar-refractivity contribution in [3.8, 4) is 17.1 Å². The van der Waals surface area contributed by atoms with Crippen LogP contribution in [0.4, 0.5) is 0 Å². The van der Waals surface area contributed by atoms with E-state index in [0.29, 0.717) is 16.3 Å². The van der Waals surface area contributed by atoms with E-state index in [1.54, 1.807) is 77.9 Å². The fourth-order valence-corrected chi connectivity index (χ4v) is 4.05. The first-order valence-corrected chi connectivity index (χ1v) is 13.3. The first-order chi connectivity index (χ1) is 19.1. The molecule has 0 radical (unpaired) electrons. The Morgan fingerprint density at radius 3 is 1.95 bits per heavy atom. The van der Waals surface area contributed by atoms with Gasteiger partial charge in [-0.3, -0.25) is 19.0 Å². The molecule has 0 aliphatic heterocycles. The standard InChI is InChI=1S/C28H29Cl2N5O6/c1-27(2,3)24(37)40-14-33-22-19(23(36)34(26(33)39)15-41-25(38)28(4,5)6)35(17-11-9-16(29)10-12-17)21(32-22)18-8-7-13-31-20(18)30/h7-13H,14-15H2,1-6H3. The molecule has 0 aliphatic carbocycles. The number of ether oxygens (including phenoxy) is 2. The zero-order chi connectivity index (χ0) is 30.3. The van der Waals surface area contributed by atoms with Gasteiger partial charge in [0, 0.05) is 16.9 Å². The third-order valence-electron chi connectivity index (χ3n) is 5.98. The summed E-state index contributed by atoms with van der Waals surface area (Å²) in [5.74, 6) is -1.01. The third-order valence-corrected chi connectivity index (χ3v) is 6.54. The smallest absolute Gasteiger partial charge is 0.338 e. The molecule has 0 unspecified atom stereocenters. The van der Waals surface area contributed by atoms with E-state index in [1.807, 2.05) is 0 Å². The summed E-state index contributed by atoms with van der Waals surface area (Å²) in [6, 6.07) is 9.89. The first kappa shape index (κ1) is 30.0. The molecule has 0 bridgehead atoms. The summed E-state index contributed by atoms with van der Waals surface area (Å²) in [6.07, 6.45) is 1.50. The lowest BCUT2D eigenvalue weighted by Crippen LogP contribution is -2.43. The van der Waals surface area contributed by atoms with Crippen LogP contribution in [0.1, 0.15) is 41.5 Å². The highest BCUT2D eigenvalue weighted by Crippen LogP contribution is 2.31. The second-order valence-corrected chi connectivity index (χ2v) is 12.1. The van der Waals surface area contributed by atoms with Gasteiger partial charge < -0.3 is 9.47 Å². The average molecular weight is 602 g/mol. The Balaban J connectivity index is 2.06. The Hall–Kier alpha value is -3.96. The summed E-state index contributed by atoms with van der Waals surface area (Å²) >= 11 is 12.6. The molecule has 11 nitrogen and oxygen atoms in total. The van der Waals surface area contributed by atoms with Crippen LogP contribution in [-0.4, -0.2) is 35.6 Å². The molecule has 0 atom stereocenters. The molecule has 0 saturated heterocycles. The molecule has 3 aromatic heterocycles. The summed E-state index contributed by atoms with van der Waals surface area (Å²) in [4.78, 5) is 61.5. The summed E-state index contributed by atoms with van der Waals surface area (Å²) in [6.45, 7) is 8.69. The van der Waals surface area contributed by atoms with E-state index in [9.17, 15) is 19.2 Å². The molecule has 0 aliphatic rings. The normalized spacial score (nSPS) is 12.0. The molecular weight excluding hydrogens is 573 g/mol. The van der Waals surface area contributed by atoms with Crippen LogP contribution in [0, 0.1) is 10.8 Å². The maximum absolute atomic E-state index is 14.0. The van der Waals surface area contributed by atoms with Gasteiger partial charge in [-0.2, -0.15) is 0 Å². The number of nitrogens with zero attached hydrogens (tertiary/aromatic N) is 5. The zero-order valence-electron chi connectivity index (χ0n) is 23.4. The van der Waals surface area contributed by atoms with E-state index in [-0.39, 0.29) is 22.1 Å². The Morgan fingerprint density at radius 2 is 1.41 bits per heavy atom. The number of aromatic nitrogens is 5. The number of esters is 2. The molecule has 4 aromatic rings. The van der Waals surface area contributed by atoms with Gasteiger partial charge in [0.25, 0.3) is 5.56 Å². The lowest BCUT2D eigenvalue weighted by Gasteiger charge is -2.19. The minimum atomic E-state index is -0.893. The zero-order valence-corrected chi connectivity index (χ0v) is 24.9. The largest absolute Gasteiger partial charge is 0.443 e. The van der Waals surface area contributed by atoms with Crippen molar-refractivity contribution in [2.45, 2.75) is 55.0 Å². The first-order valence-electron chi connectivity index (χ1n) is 12.6. The Morgan fingerprint density at radius 1 is 0.854 bits per heavy atom. The highest BCUT2D eigenvalue weighted by Gasteiger charge is 2.29. The van der Waals surface area contributed by atoms with Crippen molar-refractivity contribution in [3.63, 3.8) is 0 Å². The second kappa shape index (κ2) is 11.1. The van der Waals surface area contributed by atoms with E-state index in [0.717, 1.165) is 9.13 Å². The summed E-state index contributed by atoms with van der Waals surface area (Å²) < 4.78 is 14.1. The molecule has 0 spiro atoms. The number of hydrogen-bond donors (Lipinski definition) is 0. The van der Waals surface area contributed by atoms with Gasteiger partial charge in [0.05, 0.1) is 16.4 Å². The fourth-order valence-electron chi connectivity index (χ4n) is 3.72. The third kappa shape index (κ3) is 6.06. The van der Waals surface area contributed by atoms with Gasteiger partial charge in [-0.25, -0.2) is 23.9 Å². The summed E-state index contributed by atoms with van der Waals surface area (Å²) in [5, 5.41) is 0.558. The van der Waals surface area contributed by atoms with Gasteiger partial charge in [-0.05, 0) is 77.9 Å². The molecule has 4 rings (SSSR count). The Kier molecular flexibility index (Phi) is 8.15. The van der Waals surface area contributed by atoms with Gasteiger partial charge in [0.2, 0.25) is 0 Å². The molecule has 13 heteroatoms. The second-order valence-electron chi connectivity index (χ2n) is 11.3. The van der Waals surface area contributed by atoms with Crippen LogP contribution in [0.5, 0.6) is 0 Å². The molecule has 0 amide bonds. The lowest BCUT2D eigenvalue weighted by atomic mass is 9.97. The summed E-state index contributed by atoms with van der Waals surface area (Å²) in [7, 11) is 0. The van der Waals surface area contributed by atoms with E-state index in [4.69, 9.17) is 32.7 Å². The number of imidazole rings is 1. The van der Waals surface area contributed by atoms with Crippen LogP contribution >= 0.6 is 23.2 Å². The molecule has 3 heterocycles. The SMILES string of the molecule is CC(C)(C)C(=O)OCn1c(=O)c2c(nc(-c3cccnc3Cl)n2-c2ccc(Cl)cc2)n(COC(=O)C(C)(C)C)c1=O. The molecule has 0 saturated carbocycles. The van der Waals surface area contributed by atoms with Crippen LogP contribution < -0.4 is 11.2 Å². The highest BCUT2D eigenvalue weighted by molar-refractivity contribution is 6.32. The summed E-state index contributed by atoms with van der Waals surface area (Å²) in [5.41, 5.74) is -2.73. The lowest BCUT2D eigenvalue weighted by molar-refractivity contribution is -0.157. The van der Waals surface area contributed by atoms with Gasteiger partial charge in [0.1, 0.15) is 5.15 Å². The van der Waals surface area contributed by atoms with Gasteiger partial charge in [0.15, 0.2) is 30.4 Å². The van der Waals surface area contributed by atoms with Gasteiger partial charge in [-0.15, -0.1) is 0 Å². The van der Waals surface area contributed by atoms with Crippen molar-refractivity contribution in [2.24, 2.45) is 10.8 Å². The highest BCUT2D eigenvalue weighted by atomic mass is 35.5. The number of carbonyl (C=O) groups excluding carboxylic acids is 2. The van der Waals surface area contributed by atoms with Crippen LogP contribution in [-0.2, 0) is 32.5 Å². The fraction of sp³-hybridized carbons (Fsp3) is 0.357. The number of carbonyl (C=O) groups is 2. The maximum Gasteiger partial charge on any atom is 0.338 e. The number of hydrogen-bond acceptors (Lipinski definition) is 8. The predicted octanol–water partition coefficient (Wildman–Crippen LogP) is 4.81. The number of benzene rings is 1. The van der Waals surface area contributed by atoms with Crippen LogP contribution in [0.15, 0.2) is 52.2 Å². The number of fused-ring (bicyclic) bond motifs is 1. The molecule has 0 N–H and O–H groups in total. The van der Waals surface area contributed by atoms with E-state index < -0.39 is 47.5 Å². The van der Waals surface area contributed by atoms with E-state index >= 15 is 0 Å². The average Bonchev–Trinajstić information content (AvgIpc) is 3.28. The molecule has 41 heavy (non-hydrogen) atoms. The monoisotopic (exact) mass is 601 g/mol. The molecule has 1 aromatic carbocycles. The van der Waals surface area contributed by atoms with Gasteiger partial charge >= 0.3 is 17.6 Å². The number of pyridine rings is 1.